The number of rotatable bonds is 7. The van der Waals surface area contributed by atoms with E-state index in [-0.39, 0.29) is 23.8 Å². The minimum Gasteiger partial charge on any atom is -0.467 e. The molecule has 2 heterocycles. The van der Waals surface area contributed by atoms with Crippen LogP contribution >= 0.6 is 0 Å². The molecule has 1 fully saturated rings. The van der Waals surface area contributed by atoms with Gasteiger partial charge in [-0.2, -0.15) is 0 Å². The van der Waals surface area contributed by atoms with Crippen molar-refractivity contribution in [3.05, 3.63) is 89.9 Å². The summed E-state index contributed by atoms with van der Waals surface area (Å²) in [6.07, 6.45) is 7.99. The van der Waals surface area contributed by atoms with Crippen LogP contribution in [0.2, 0.25) is 0 Å². The van der Waals surface area contributed by atoms with Gasteiger partial charge in [0.1, 0.15) is 23.3 Å². The van der Waals surface area contributed by atoms with Crippen LogP contribution < -0.4 is 5.32 Å². The molecule has 0 spiro atoms. The number of pyridine rings is 1. The number of benzene rings is 1. The second kappa shape index (κ2) is 10.2. The molecule has 32 heavy (non-hydrogen) atoms. The summed E-state index contributed by atoms with van der Waals surface area (Å²) in [6.45, 7) is -0.000501. The maximum absolute atomic E-state index is 14.9. The molecule has 7 heteroatoms. The number of nitrogens with zero attached hydrogens (tertiary/aromatic N) is 2. The lowest BCUT2D eigenvalue weighted by Gasteiger charge is -2.33. The molecule has 0 bridgehead atoms. The third kappa shape index (κ3) is 5.04. The van der Waals surface area contributed by atoms with Gasteiger partial charge in [0.05, 0.1) is 12.8 Å². The van der Waals surface area contributed by atoms with E-state index in [1.165, 1.54) is 23.4 Å². The number of furan rings is 1. The smallest absolute Gasteiger partial charge is 0.273 e. The van der Waals surface area contributed by atoms with Gasteiger partial charge in [0.2, 0.25) is 5.91 Å². The number of aromatic nitrogens is 1. The number of hydrogen-bond acceptors (Lipinski definition) is 4. The summed E-state index contributed by atoms with van der Waals surface area (Å²) in [5.74, 6) is -0.942. The van der Waals surface area contributed by atoms with Gasteiger partial charge in [0.25, 0.3) is 5.91 Å². The molecular formula is C25H26FN3O3. The molecule has 4 rings (SSSR count). The first-order valence-electron chi connectivity index (χ1n) is 10.9. The Morgan fingerprint density at radius 2 is 1.84 bits per heavy atom. The zero-order valence-electron chi connectivity index (χ0n) is 17.7. The van der Waals surface area contributed by atoms with Gasteiger partial charge in [-0.05, 0) is 43.2 Å². The minimum atomic E-state index is -1.17. The number of hydrogen-bond donors (Lipinski definition) is 1. The molecule has 1 atom stereocenters. The van der Waals surface area contributed by atoms with Crippen molar-refractivity contribution >= 4 is 11.8 Å². The molecule has 6 nitrogen and oxygen atoms in total. The van der Waals surface area contributed by atoms with E-state index in [1.807, 2.05) is 0 Å². The summed E-state index contributed by atoms with van der Waals surface area (Å²) in [5.41, 5.74) is 0.308. The Labute approximate surface area is 186 Å². The molecule has 166 valence electrons. The first kappa shape index (κ1) is 21.7. The van der Waals surface area contributed by atoms with Gasteiger partial charge in [-0.1, -0.05) is 43.5 Å². The first-order chi connectivity index (χ1) is 15.6. The standard InChI is InChI=1S/C25H26FN3O3/c26-21-13-5-4-12-20(21)23(24(30)28-18-9-2-1-3-10-18)29(17-19-11-8-16-32-19)25(31)22-14-6-7-15-27-22/h4-8,11-16,18,23H,1-3,9-10,17H2,(H,28,30)/t23-/m0/s1. The van der Waals surface area contributed by atoms with Crippen molar-refractivity contribution < 1.29 is 18.4 Å². The maximum atomic E-state index is 14.9. The molecule has 1 aliphatic rings. The van der Waals surface area contributed by atoms with E-state index in [1.54, 1.807) is 48.5 Å². The van der Waals surface area contributed by atoms with Crippen LogP contribution in [-0.2, 0) is 11.3 Å². The van der Waals surface area contributed by atoms with Crippen molar-refractivity contribution in [1.82, 2.24) is 15.2 Å². The van der Waals surface area contributed by atoms with E-state index < -0.39 is 23.7 Å². The van der Waals surface area contributed by atoms with E-state index in [9.17, 15) is 14.0 Å². The zero-order valence-corrected chi connectivity index (χ0v) is 17.7. The van der Waals surface area contributed by atoms with Crippen LogP contribution in [0.5, 0.6) is 0 Å². The van der Waals surface area contributed by atoms with Crippen LogP contribution in [0.4, 0.5) is 4.39 Å². The van der Waals surface area contributed by atoms with E-state index in [2.05, 4.69) is 10.3 Å². The van der Waals surface area contributed by atoms with Gasteiger partial charge >= 0.3 is 0 Å². The Morgan fingerprint density at radius 1 is 1.06 bits per heavy atom. The Morgan fingerprint density at radius 3 is 2.53 bits per heavy atom. The van der Waals surface area contributed by atoms with Crippen molar-refractivity contribution in [2.24, 2.45) is 0 Å². The van der Waals surface area contributed by atoms with Crippen LogP contribution in [-0.4, -0.2) is 27.7 Å². The summed E-state index contributed by atoms with van der Waals surface area (Å²) in [6, 6.07) is 13.3. The molecule has 2 aromatic heterocycles. The zero-order chi connectivity index (χ0) is 22.3. The van der Waals surface area contributed by atoms with Gasteiger partial charge in [-0.25, -0.2) is 4.39 Å². The lowest BCUT2D eigenvalue weighted by atomic mass is 9.94. The highest BCUT2D eigenvalue weighted by atomic mass is 19.1. The number of carbonyl (C=O) groups excluding carboxylic acids is 2. The Balaban J connectivity index is 1.73. The predicted octanol–water partition coefficient (Wildman–Crippen LogP) is 4.65. The molecule has 0 radical (unpaired) electrons. The average molecular weight is 435 g/mol. The average Bonchev–Trinajstić information content (AvgIpc) is 3.34. The van der Waals surface area contributed by atoms with Crippen LogP contribution in [0, 0.1) is 5.82 Å². The maximum Gasteiger partial charge on any atom is 0.273 e. The predicted molar refractivity (Wildman–Crippen MR) is 117 cm³/mol. The summed E-state index contributed by atoms with van der Waals surface area (Å²) < 4.78 is 20.4. The summed E-state index contributed by atoms with van der Waals surface area (Å²) in [5, 5.41) is 3.06. The monoisotopic (exact) mass is 435 g/mol. The number of halogens is 1. The molecule has 1 N–H and O–H groups in total. The number of carbonyl (C=O) groups is 2. The third-order valence-electron chi connectivity index (χ3n) is 5.76. The van der Waals surface area contributed by atoms with E-state index in [4.69, 9.17) is 4.42 Å². The van der Waals surface area contributed by atoms with E-state index >= 15 is 0 Å². The van der Waals surface area contributed by atoms with Crippen LogP contribution in [0.1, 0.15) is 60.0 Å². The first-order valence-corrected chi connectivity index (χ1v) is 10.9. The second-order valence-electron chi connectivity index (χ2n) is 7.99. The molecule has 3 aromatic rings. The number of amides is 2. The molecular weight excluding hydrogens is 409 g/mol. The second-order valence-corrected chi connectivity index (χ2v) is 7.99. The SMILES string of the molecule is O=C(NC1CCCCC1)[C@H](c1ccccc1F)N(Cc1ccco1)C(=O)c1ccccn1. The Bertz CT molecular complexity index is 1030. The molecule has 0 aliphatic heterocycles. The molecule has 2 amide bonds. The largest absolute Gasteiger partial charge is 0.467 e. The lowest BCUT2D eigenvalue weighted by Crippen LogP contribution is -2.47. The molecule has 1 saturated carbocycles. The molecule has 0 unspecified atom stereocenters. The van der Waals surface area contributed by atoms with Gasteiger partial charge in [0.15, 0.2) is 0 Å². The highest BCUT2D eigenvalue weighted by molar-refractivity contribution is 5.96. The van der Waals surface area contributed by atoms with Crippen LogP contribution in [0.25, 0.3) is 0 Å². The van der Waals surface area contributed by atoms with E-state index in [0.29, 0.717) is 5.76 Å². The van der Waals surface area contributed by atoms with Crippen molar-refractivity contribution in [3.63, 3.8) is 0 Å². The van der Waals surface area contributed by atoms with Gasteiger partial charge in [-0.3, -0.25) is 14.6 Å². The van der Waals surface area contributed by atoms with Crippen molar-refractivity contribution in [1.29, 1.82) is 0 Å². The molecule has 1 aliphatic carbocycles. The normalized spacial score (nSPS) is 15.2. The van der Waals surface area contributed by atoms with Crippen molar-refractivity contribution in [2.75, 3.05) is 0 Å². The summed E-state index contributed by atoms with van der Waals surface area (Å²) in [7, 11) is 0. The quantitative estimate of drug-likeness (QED) is 0.586. The Hall–Kier alpha value is -3.48. The fraction of sp³-hybridized carbons (Fsp3) is 0.320. The van der Waals surface area contributed by atoms with Gasteiger partial charge in [0, 0.05) is 17.8 Å². The minimum absolute atomic E-state index is 0.000501. The number of nitrogens with one attached hydrogen (secondary N) is 1. The third-order valence-corrected chi connectivity index (χ3v) is 5.76. The van der Waals surface area contributed by atoms with Crippen molar-refractivity contribution in [2.45, 2.75) is 50.7 Å². The van der Waals surface area contributed by atoms with Gasteiger partial charge in [-0.15, -0.1) is 0 Å². The topological polar surface area (TPSA) is 75.4 Å². The molecule has 0 saturated heterocycles. The molecule has 1 aromatic carbocycles. The fourth-order valence-corrected chi connectivity index (χ4v) is 4.16. The highest BCUT2D eigenvalue weighted by Crippen LogP contribution is 2.28. The van der Waals surface area contributed by atoms with E-state index in [0.717, 1.165) is 32.1 Å². The summed E-state index contributed by atoms with van der Waals surface area (Å²) >= 11 is 0. The van der Waals surface area contributed by atoms with Crippen LogP contribution in [0.3, 0.4) is 0 Å². The summed E-state index contributed by atoms with van der Waals surface area (Å²) in [4.78, 5) is 32.5. The fourth-order valence-electron chi connectivity index (χ4n) is 4.16. The lowest BCUT2D eigenvalue weighted by molar-refractivity contribution is -0.127. The van der Waals surface area contributed by atoms with Crippen molar-refractivity contribution in [3.8, 4) is 0 Å². The Kier molecular flexibility index (Phi) is 6.94. The van der Waals surface area contributed by atoms with Gasteiger partial charge < -0.3 is 14.6 Å². The highest BCUT2D eigenvalue weighted by Gasteiger charge is 2.36. The van der Waals surface area contributed by atoms with Crippen LogP contribution in [0.15, 0.2) is 71.5 Å².